The molecule has 2 aromatic heterocycles. The van der Waals surface area contributed by atoms with Gasteiger partial charge in [-0.3, -0.25) is 4.79 Å². The second kappa shape index (κ2) is 8.11. The van der Waals surface area contributed by atoms with Gasteiger partial charge in [-0.05, 0) is 30.3 Å². The maximum absolute atomic E-state index is 13.7. The summed E-state index contributed by atoms with van der Waals surface area (Å²) >= 11 is 5.66. The molecular formula is C17H15ClFN5O3. The number of benzene rings is 1. The van der Waals surface area contributed by atoms with E-state index < -0.39 is 17.8 Å². The minimum absolute atomic E-state index is 0.145. The van der Waals surface area contributed by atoms with Crippen molar-refractivity contribution in [1.29, 1.82) is 0 Å². The van der Waals surface area contributed by atoms with E-state index in [1.54, 1.807) is 24.3 Å². The molecule has 0 fully saturated rings. The van der Waals surface area contributed by atoms with E-state index in [-0.39, 0.29) is 17.3 Å². The van der Waals surface area contributed by atoms with Gasteiger partial charge in [0, 0.05) is 18.7 Å². The number of hydrogen-bond donors (Lipinski definition) is 2. The molecule has 1 atom stereocenters. The fourth-order valence-electron chi connectivity index (χ4n) is 2.31. The molecule has 0 spiro atoms. The van der Waals surface area contributed by atoms with Gasteiger partial charge in [-0.1, -0.05) is 11.6 Å². The predicted molar refractivity (Wildman–Crippen MR) is 94.6 cm³/mol. The largest absolute Gasteiger partial charge is 0.481 e. The molecule has 3 aromatic rings. The van der Waals surface area contributed by atoms with Gasteiger partial charge in [-0.2, -0.15) is 15.0 Å². The molecule has 0 aliphatic carbocycles. The van der Waals surface area contributed by atoms with E-state index in [4.69, 9.17) is 27.2 Å². The number of aliphatic carboxylic acids is 1. The molecular weight excluding hydrogens is 377 g/mol. The second-order valence-corrected chi connectivity index (χ2v) is 6.16. The van der Waals surface area contributed by atoms with E-state index in [1.807, 2.05) is 0 Å². The molecule has 0 saturated heterocycles. The van der Waals surface area contributed by atoms with Crippen molar-refractivity contribution >= 4 is 17.6 Å². The Kier molecular flexibility index (Phi) is 5.63. The van der Waals surface area contributed by atoms with E-state index in [0.717, 1.165) is 6.07 Å². The standard InChI is InChI=1S/C17H15ClFN5O3/c18-10-5-15(19)17(21-8-10)27-14-3-1-13(2-4-14)24-22-9-12(23-24)6-11(20)7-16(25)26/h1-5,8-9,11H,6-7,20H2,(H,25,26). The number of halogens is 2. The first-order chi connectivity index (χ1) is 12.9. The van der Waals surface area contributed by atoms with E-state index >= 15 is 0 Å². The monoisotopic (exact) mass is 391 g/mol. The molecule has 10 heteroatoms. The maximum Gasteiger partial charge on any atom is 0.304 e. The zero-order valence-corrected chi connectivity index (χ0v) is 14.7. The highest BCUT2D eigenvalue weighted by molar-refractivity contribution is 6.30. The number of carboxylic acid groups (broad SMARTS) is 1. The summed E-state index contributed by atoms with van der Waals surface area (Å²) in [7, 11) is 0. The minimum Gasteiger partial charge on any atom is -0.481 e. The zero-order valence-electron chi connectivity index (χ0n) is 13.9. The smallest absolute Gasteiger partial charge is 0.304 e. The third kappa shape index (κ3) is 4.99. The number of hydrogen-bond acceptors (Lipinski definition) is 6. The number of pyridine rings is 1. The number of rotatable bonds is 7. The van der Waals surface area contributed by atoms with Crippen LogP contribution in [0.15, 0.2) is 42.7 Å². The molecule has 8 nitrogen and oxygen atoms in total. The number of carbonyl (C=O) groups is 1. The van der Waals surface area contributed by atoms with Gasteiger partial charge in [0.15, 0.2) is 5.82 Å². The molecule has 140 valence electrons. The lowest BCUT2D eigenvalue weighted by Crippen LogP contribution is -2.26. The summed E-state index contributed by atoms with van der Waals surface area (Å²) in [5.74, 6) is -1.43. The Balaban J connectivity index is 1.67. The lowest BCUT2D eigenvalue weighted by molar-refractivity contribution is -0.137. The van der Waals surface area contributed by atoms with Crippen LogP contribution >= 0.6 is 11.6 Å². The van der Waals surface area contributed by atoms with Gasteiger partial charge in [0.25, 0.3) is 5.88 Å². The maximum atomic E-state index is 13.7. The van der Waals surface area contributed by atoms with Gasteiger partial charge in [-0.25, -0.2) is 9.37 Å². The fourth-order valence-corrected chi connectivity index (χ4v) is 2.46. The van der Waals surface area contributed by atoms with Gasteiger partial charge in [0.1, 0.15) is 5.75 Å². The van der Waals surface area contributed by atoms with Crippen LogP contribution < -0.4 is 10.5 Å². The van der Waals surface area contributed by atoms with Gasteiger partial charge >= 0.3 is 5.97 Å². The fraction of sp³-hybridized carbons (Fsp3) is 0.176. The number of aromatic nitrogens is 4. The number of carboxylic acids is 1. The van der Waals surface area contributed by atoms with Crippen LogP contribution in [-0.4, -0.2) is 37.1 Å². The van der Waals surface area contributed by atoms with Crippen LogP contribution in [0.2, 0.25) is 5.02 Å². The van der Waals surface area contributed by atoms with E-state index in [2.05, 4.69) is 15.2 Å². The van der Waals surface area contributed by atoms with Gasteiger partial charge in [0.05, 0.1) is 29.0 Å². The number of ether oxygens (including phenoxy) is 1. The normalized spacial score (nSPS) is 12.0. The molecule has 0 amide bonds. The Labute approximate surface area is 158 Å². The number of nitrogens with two attached hydrogens (primary N) is 1. The first kappa shape index (κ1) is 18.7. The molecule has 0 aliphatic heterocycles. The van der Waals surface area contributed by atoms with Crippen molar-refractivity contribution in [3.05, 3.63) is 59.3 Å². The van der Waals surface area contributed by atoms with Crippen LogP contribution in [0.3, 0.4) is 0 Å². The molecule has 0 saturated carbocycles. The van der Waals surface area contributed by atoms with E-state index in [1.165, 1.54) is 17.2 Å². The third-order valence-corrected chi connectivity index (χ3v) is 3.71. The van der Waals surface area contributed by atoms with Gasteiger partial charge < -0.3 is 15.6 Å². The molecule has 27 heavy (non-hydrogen) atoms. The molecule has 3 rings (SSSR count). The Hall–Kier alpha value is -3.04. The predicted octanol–water partition coefficient (Wildman–Crippen LogP) is 2.59. The van der Waals surface area contributed by atoms with Gasteiger partial charge in [0.2, 0.25) is 0 Å². The molecule has 1 aromatic carbocycles. The van der Waals surface area contributed by atoms with Crippen molar-refractivity contribution in [2.75, 3.05) is 0 Å². The van der Waals surface area contributed by atoms with Crippen LogP contribution in [-0.2, 0) is 11.2 Å². The summed E-state index contributed by atoms with van der Waals surface area (Å²) in [4.78, 5) is 15.8. The highest BCUT2D eigenvalue weighted by atomic mass is 35.5. The molecule has 0 radical (unpaired) electrons. The summed E-state index contributed by atoms with van der Waals surface area (Å²) < 4.78 is 19.1. The molecule has 0 aliphatic rings. The Bertz CT molecular complexity index is 948. The van der Waals surface area contributed by atoms with Crippen molar-refractivity contribution in [2.24, 2.45) is 5.73 Å². The first-order valence-corrected chi connectivity index (χ1v) is 8.26. The Morgan fingerprint density at radius 1 is 1.33 bits per heavy atom. The van der Waals surface area contributed by atoms with Crippen LogP contribution in [0.25, 0.3) is 5.69 Å². The summed E-state index contributed by atoms with van der Waals surface area (Å²) in [6.45, 7) is 0. The van der Waals surface area contributed by atoms with Crippen molar-refractivity contribution in [1.82, 2.24) is 20.0 Å². The lowest BCUT2D eigenvalue weighted by Gasteiger charge is -2.07. The zero-order chi connectivity index (χ0) is 19.4. The van der Waals surface area contributed by atoms with Crippen LogP contribution in [0.5, 0.6) is 11.6 Å². The molecule has 2 heterocycles. The Morgan fingerprint density at radius 3 is 2.74 bits per heavy atom. The van der Waals surface area contributed by atoms with E-state index in [9.17, 15) is 9.18 Å². The molecule has 3 N–H and O–H groups in total. The van der Waals surface area contributed by atoms with Crippen molar-refractivity contribution in [3.8, 4) is 17.3 Å². The second-order valence-electron chi connectivity index (χ2n) is 5.72. The summed E-state index contributed by atoms with van der Waals surface area (Å²) in [6, 6.07) is 7.18. The quantitative estimate of drug-likeness (QED) is 0.635. The molecule has 1 unspecified atom stereocenters. The number of nitrogens with zero attached hydrogens (tertiary/aromatic N) is 4. The first-order valence-electron chi connectivity index (χ1n) is 7.88. The average Bonchev–Trinajstić information content (AvgIpc) is 3.05. The van der Waals surface area contributed by atoms with E-state index in [0.29, 0.717) is 23.6 Å². The molecule has 0 bridgehead atoms. The third-order valence-electron chi connectivity index (χ3n) is 3.50. The summed E-state index contributed by atoms with van der Waals surface area (Å²) in [6.07, 6.45) is 2.97. The van der Waals surface area contributed by atoms with Crippen molar-refractivity contribution in [2.45, 2.75) is 18.9 Å². The summed E-state index contributed by atoms with van der Waals surface area (Å²) in [5, 5.41) is 17.3. The highest BCUT2D eigenvalue weighted by Crippen LogP contribution is 2.24. The van der Waals surface area contributed by atoms with Crippen LogP contribution in [0.4, 0.5) is 4.39 Å². The van der Waals surface area contributed by atoms with Crippen LogP contribution in [0, 0.1) is 5.82 Å². The van der Waals surface area contributed by atoms with Crippen LogP contribution in [0.1, 0.15) is 12.1 Å². The van der Waals surface area contributed by atoms with Crippen molar-refractivity contribution in [3.63, 3.8) is 0 Å². The lowest BCUT2D eigenvalue weighted by atomic mass is 10.1. The Morgan fingerprint density at radius 2 is 2.07 bits per heavy atom. The minimum atomic E-state index is -0.961. The van der Waals surface area contributed by atoms with Gasteiger partial charge in [-0.15, -0.1) is 0 Å². The average molecular weight is 392 g/mol. The topological polar surface area (TPSA) is 116 Å². The summed E-state index contributed by atoms with van der Waals surface area (Å²) in [5.41, 5.74) is 6.97. The highest BCUT2D eigenvalue weighted by Gasteiger charge is 2.12. The SMILES string of the molecule is NC(CC(=O)O)Cc1cnn(-c2ccc(Oc3ncc(Cl)cc3F)cc2)n1. The van der Waals surface area contributed by atoms with Crippen molar-refractivity contribution < 1.29 is 19.0 Å².